The van der Waals surface area contributed by atoms with Crippen molar-refractivity contribution in [1.29, 1.82) is 0 Å². The van der Waals surface area contributed by atoms with Crippen LogP contribution >= 0.6 is 0 Å². The van der Waals surface area contributed by atoms with E-state index in [2.05, 4.69) is 23.3 Å². The van der Waals surface area contributed by atoms with E-state index in [9.17, 15) is 13.2 Å². The average Bonchev–Trinajstić information content (AvgIpc) is 3.08. The molecule has 4 rings (SSSR count). The Labute approximate surface area is 146 Å². The number of nitrogens with zero attached hydrogens (tertiary/aromatic N) is 1. The Bertz CT molecular complexity index is 1100. The first-order chi connectivity index (χ1) is 11.9. The molecular formula is C19H20N2O3S. The normalized spacial score (nSPS) is 19.5. The monoisotopic (exact) mass is 356 g/mol. The summed E-state index contributed by atoms with van der Waals surface area (Å²) >= 11 is 0. The molecule has 0 spiro atoms. The minimum Gasteiger partial charge on any atom is -0.299 e. The van der Waals surface area contributed by atoms with E-state index in [4.69, 9.17) is 0 Å². The fraction of sp³-hybridized carbons (Fsp3) is 0.316. The fourth-order valence-corrected chi connectivity index (χ4v) is 5.39. The van der Waals surface area contributed by atoms with Crippen molar-refractivity contribution in [3.63, 3.8) is 0 Å². The Balaban J connectivity index is 1.73. The van der Waals surface area contributed by atoms with Gasteiger partial charge in [-0.25, -0.2) is 13.1 Å². The van der Waals surface area contributed by atoms with Gasteiger partial charge in [0, 0.05) is 17.7 Å². The first-order valence-electron chi connectivity index (χ1n) is 8.42. The molecule has 1 atom stereocenters. The predicted octanol–water partition coefficient (Wildman–Crippen LogP) is 2.59. The highest BCUT2D eigenvalue weighted by molar-refractivity contribution is 7.91. The molecule has 0 amide bonds. The summed E-state index contributed by atoms with van der Waals surface area (Å²) in [6.07, 6.45) is 1.03. The Morgan fingerprint density at radius 3 is 2.68 bits per heavy atom. The van der Waals surface area contributed by atoms with Crippen molar-refractivity contribution in [2.45, 2.75) is 25.8 Å². The number of aromatic amines is 1. The molecule has 6 heteroatoms. The van der Waals surface area contributed by atoms with Crippen molar-refractivity contribution >= 4 is 20.6 Å². The molecule has 2 aromatic carbocycles. The lowest BCUT2D eigenvalue weighted by atomic mass is 9.99. The number of hydrogen-bond acceptors (Lipinski definition) is 3. The molecule has 1 aliphatic rings. The third-order valence-electron chi connectivity index (χ3n) is 5.04. The minimum atomic E-state index is -3.03. The first-order valence-corrected chi connectivity index (χ1v) is 10.2. The molecule has 1 saturated heterocycles. The number of aryl methyl sites for hydroxylation is 1. The molecule has 5 nitrogen and oxygen atoms in total. The van der Waals surface area contributed by atoms with Gasteiger partial charge < -0.3 is 0 Å². The highest BCUT2D eigenvalue weighted by Crippen LogP contribution is 2.24. The highest BCUT2D eigenvalue weighted by Gasteiger charge is 2.31. The number of fused-ring (bicyclic) bond motifs is 1. The van der Waals surface area contributed by atoms with Gasteiger partial charge >= 0.3 is 0 Å². The van der Waals surface area contributed by atoms with E-state index in [1.165, 1.54) is 4.68 Å². The molecule has 130 valence electrons. The largest absolute Gasteiger partial charge is 0.299 e. The van der Waals surface area contributed by atoms with Crippen LogP contribution in [0.15, 0.2) is 47.3 Å². The predicted molar refractivity (Wildman–Crippen MR) is 98.9 cm³/mol. The molecule has 0 radical (unpaired) electrons. The minimum absolute atomic E-state index is 0.0422. The molecule has 1 aliphatic heterocycles. The maximum absolute atomic E-state index is 12.9. The number of rotatable bonds is 3. The number of nitrogens with one attached hydrogen (secondary N) is 1. The van der Waals surface area contributed by atoms with Crippen molar-refractivity contribution in [2.24, 2.45) is 0 Å². The van der Waals surface area contributed by atoms with Crippen LogP contribution in [0.25, 0.3) is 10.8 Å². The van der Waals surface area contributed by atoms with Crippen LogP contribution in [0, 0.1) is 6.92 Å². The maximum Gasteiger partial charge on any atom is 0.270 e. The van der Waals surface area contributed by atoms with E-state index in [0.29, 0.717) is 18.4 Å². The fourth-order valence-electron chi connectivity index (χ4n) is 3.69. The number of sulfone groups is 1. The van der Waals surface area contributed by atoms with Gasteiger partial charge in [0.25, 0.3) is 5.56 Å². The van der Waals surface area contributed by atoms with Crippen LogP contribution in [0.1, 0.15) is 29.3 Å². The van der Waals surface area contributed by atoms with E-state index < -0.39 is 9.84 Å². The number of hydrogen-bond donors (Lipinski definition) is 1. The molecule has 0 unspecified atom stereocenters. The zero-order chi connectivity index (χ0) is 17.6. The van der Waals surface area contributed by atoms with Crippen LogP contribution < -0.4 is 5.56 Å². The summed E-state index contributed by atoms with van der Waals surface area (Å²) in [5, 5.41) is 5.39. The second-order valence-corrected chi connectivity index (χ2v) is 8.99. The summed E-state index contributed by atoms with van der Waals surface area (Å²) < 4.78 is 25.0. The smallest absolute Gasteiger partial charge is 0.270 e. The molecule has 0 saturated carbocycles. The lowest BCUT2D eigenvalue weighted by Gasteiger charge is -2.08. The molecule has 1 N–H and O–H groups in total. The van der Waals surface area contributed by atoms with E-state index in [-0.39, 0.29) is 23.1 Å². The van der Waals surface area contributed by atoms with Crippen LogP contribution in [0.5, 0.6) is 0 Å². The van der Waals surface area contributed by atoms with Crippen molar-refractivity contribution in [3.05, 3.63) is 69.6 Å². The standard InChI is InChI=1S/C19H20N2O3S/c1-13-18(11-15-7-4-6-14-5-2-3-8-17(14)15)19(22)21(20-13)16-9-10-25(23,24)12-16/h2-8,16,20H,9-12H2,1H3/t16-/m0/s1. The number of H-pyrrole nitrogens is 1. The Kier molecular flexibility index (Phi) is 3.80. The van der Waals surface area contributed by atoms with Gasteiger partial charge in [-0.3, -0.25) is 9.89 Å². The molecule has 1 aromatic heterocycles. The van der Waals surface area contributed by atoms with Gasteiger partial charge in [0.1, 0.15) is 0 Å². The van der Waals surface area contributed by atoms with Gasteiger partial charge in [0.2, 0.25) is 0 Å². The van der Waals surface area contributed by atoms with Gasteiger partial charge in [-0.1, -0.05) is 42.5 Å². The quantitative estimate of drug-likeness (QED) is 0.784. The number of benzene rings is 2. The highest BCUT2D eigenvalue weighted by atomic mass is 32.2. The van der Waals surface area contributed by atoms with E-state index in [1.807, 2.05) is 31.2 Å². The van der Waals surface area contributed by atoms with Crippen molar-refractivity contribution in [2.75, 3.05) is 11.5 Å². The summed E-state index contributed by atoms with van der Waals surface area (Å²) in [5.74, 6) is 0.196. The Morgan fingerprint density at radius 1 is 1.16 bits per heavy atom. The summed E-state index contributed by atoms with van der Waals surface area (Å²) in [5.41, 5.74) is 2.51. The second kappa shape index (κ2) is 5.88. The third-order valence-corrected chi connectivity index (χ3v) is 6.79. The maximum atomic E-state index is 12.9. The van der Waals surface area contributed by atoms with Gasteiger partial charge in [0.15, 0.2) is 9.84 Å². The molecule has 1 fully saturated rings. The van der Waals surface area contributed by atoms with Crippen molar-refractivity contribution in [1.82, 2.24) is 9.78 Å². The van der Waals surface area contributed by atoms with Crippen LogP contribution in [-0.4, -0.2) is 29.7 Å². The molecule has 3 aromatic rings. The lowest BCUT2D eigenvalue weighted by molar-refractivity contribution is 0.483. The molecule has 2 heterocycles. The summed E-state index contributed by atoms with van der Waals surface area (Å²) in [6, 6.07) is 13.9. The molecule has 0 aliphatic carbocycles. The van der Waals surface area contributed by atoms with Crippen LogP contribution in [0.2, 0.25) is 0 Å². The Hall–Kier alpha value is -2.34. The van der Waals surface area contributed by atoms with E-state index >= 15 is 0 Å². The van der Waals surface area contributed by atoms with Gasteiger partial charge in [-0.2, -0.15) is 0 Å². The van der Waals surface area contributed by atoms with Crippen LogP contribution in [0.4, 0.5) is 0 Å². The number of aromatic nitrogens is 2. The summed E-state index contributed by atoms with van der Waals surface area (Å²) in [7, 11) is -3.03. The van der Waals surface area contributed by atoms with Gasteiger partial charge in [-0.15, -0.1) is 0 Å². The van der Waals surface area contributed by atoms with Crippen LogP contribution in [0.3, 0.4) is 0 Å². The Morgan fingerprint density at radius 2 is 1.92 bits per heavy atom. The van der Waals surface area contributed by atoms with Crippen LogP contribution in [-0.2, 0) is 16.3 Å². The van der Waals surface area contributed by atoms with E-state index in [1.54, 1.807) is 0 Å². The average molecular weight is 356 g/mol. The zero-order valence-corrected chi connectivity index (χ0v) is 14.8. The second-order valence-electron chi connectivity index (χ2n) is 6.76. The van der Waals surface area contributed by atoms with Crippen molar-refractivity contribution in [3.8, 4) is 0 Å². The third kappa shape index (κ3) is 2.91. The summed E-state index contributed by atoms with van der Waals surface area (Å²) in [4.78, 5) is 12.9. The molecular weight excluding hydrogens is 336 g/mol. The van der Waals surface area contributed by atoms with E-state index in [0.717, 1.165) is 22.0 Å². The topological polar surface area (TPSA) is 71.9 Å². The van der Waals surface area contributed by atoms with Gasteiger partial charge in [0.05, 0.1) is 17.5 Å². The van der Waals surface area contributed by atoms with Crippen molar-refractivity contribution < 1.29 is 8.42 Å². The zero-order valence-electron chi connectivity index (χ0n) is 14.0. The molecule has 0 bridgehead atoms. The lowest BCUT2D eigenvalue weighted by Crippen LogP contribution is -2.25. The summed E-state index contributed by atoms with van der Waals surface area (Å²) in [6.45, 7) is 1.88. The SMILES string of the molecule is Cc1[nH]n([C@H]2CCS(=O)(=O)C2)c(=O)c1Cc1cccc2ccccc12. The molecule has 25 heavy (non-hydrogen) atoms. The first kappa shape index (κ1) is 16.1. The van der Waals surface area contributed by atoms with Gasteiger partial charge in [-0.05, 0) is 29.7 Å².